The predicted octanol–water partition coefficient (Wildman–Crippen LogP) is 3.79. The van der Waals surface area contributed by atoms with Crippen LogP contribution >= 0.6 is 0 Å². The van der Waals surface area contributed by atoms with Crippen LogP contribution in [0.4, 0.5) is 10.7 Å². The summed E-state index contributed by atoms with van der Waals surface area (Å²) >= 11 is 0. The van der Waals surface area contributed by atoms with Gasteiger partial charge < -0.3 is 18.6 Å². The molecule has 142 valence electrons. The Morgan fingerprint density at radius 2 is 2.00 bits per heavy atom. The molecule has 0 saturated carbocycles. The smallest absolute Gasteiger partial charge is 0.424 e. The minimum atomic E-state index is -0.739. The normalized spacial score (nSPS) is 18.8. The number of carbonyl (C=O) groups is 2. The third-order valence-electron chi connectivity index (χ3n) is 4.22. The van der Waals surface area contributed by atoms with Crippen molar-refractivity contribution in [1.29, 1.82) is 0 Å². The van der Waals surface area contributed by atoms with Gasteiger partial charge in [-0.15, -0.1) is 0 Å². The van der Waals surface area contributed by atoms with E-state index in [0.29, 0.717) is 32.5 Å². The van der Waals surface area contributed by atoms with Gasteiger partial charge in [-0.25, -0.2) is 4.79 Å². The minimum Gasteiger partial charge on any atom is -0.448 e. The molecule has 3 rings (SSSR count). The highest BCUT2D eigenvalue weighted by molar-refractivity contribution is 6.11. The first-order valence-corrected chi connectivity index (χ1v) is 8.83. The van der Waals surface area contributed by atoms with Gasteiger partial charge in [0, 0.05) is 25.3 Å². The number of imide groups is 1. The van der Waals surface area contributed by atoms with Crippen molar-refractivity contribution in [1.82, 2.24) is 0 Å². The van der Waals surface area contributed by atoms with Gasteiger partial charge in [-0.05, 0) is 33.3 Å². The summed E-state index contributed by atoms with van der Waals surface area (Å²) in [5.41, 5.74) is 0.392. The lowest BCUT2D eigenvalue weighted by Crippen LogP contribution is -2.40. The molecule has 1 aliphatic carbocycles. The van der Waals surface area contributed by atoms with Crippen molar-refractivity contribution in [3.63, 3.8) is 0 Å². The number of carbonyl (C=O) groups excluding carboxylic acids is 2. The van der Waals surface area contributed by atoms with Crippen LogP contribution in [-0.2, 0) is 19.0 Å². The Balaban J connectivity index is 1.62. The molecular formula is C19H25NO6. The Bertz CT molecular complexity index is 679. The molecule has 0 radical (unpaired) electrons. The lowest BCUT2D eigenvalue weighted by Gasteiger charge is -2.25. The van der Waals surface area contributed by atoms with Crippen molar-refractivity contribution in [3.8, 4) is 0 Å². The van der Waals surface area contributed by atoms with Crippen LogP contribution in [0.5, 0.6) is 0 Å². The number of nitrogens with zero attached hydrogens (tertiary/aromatic N) is 1. The molecule has 0 atom stereocenters. The Labute approximate surface area is 152 Å². The monoisotopic (exact) mass is 363 g/mol. The van der Waals surface area contributed by atoms with Crippen LogP contribution in [0.3, 0.4) is 0 Å². The highest BCUT2D eigenvalue weighted by Crippen LogP contribution is 2.38. The SMILES string of the molecule is CC(C)(C)OC(=O)N(C(=O)CCC1=CCC2(C1)OCCO2)c1ccco1. The Hall–Kier alpha value is -2.12. The first-order chi connectivity index (χ1) is 12.3. The molecule has 1 saturated heterocycles. The molecule has 2 amide bonds. The first-order valence-electron chi connectivity index (χ1n) is 8.83. The predicted molar refractivity (Wildman–Crippen MR) is 93.6 cm³/mol. The summed E-state index contributed by atoms with van der Waals surface area (Å²) in [6, 6.07) is 3.18. The Morgan fingerprint density at radius 1 is 1.27 bits per heavy atom. The van der Waals surface area contributed by atoms with Crippen molar-refractivity contribution < 1.29 is 28.2 Å². The maximum Gasteiger partial charge on any atom is 0.424 e. The molecule has 0 aromatic carbocycles. The third-order valence-corrected chi connectivity index (χ3v) is 4.22. The van der Waals surface area contributed by atoms with E-state index >= 15 is 0 Å². The van der Waals surface area contributed by atoms with Gasteiger partial charge in [-0.2, -0.15) is 4.90 Å². The van der Waals surface area contributed by atoms with E-state index < -0.39 is 17.5 Å². The topological polar surface area (TPSA) is 78.2 Å². The van der Waals surface area contributed by atoms with E-state index in [9.17, 15) is 9.59 Å². The van der Waals surface area contributed by atoms with Gasteiger partial charge in [0.2, 0.25) is 11.8 Å². The van der Waals surface area contributed by atoms with E-state index in [1.165, 1.54) is 6.26 Å². The van der Waals surface area contributed by atoms with Crippen LogP contribution in [0.1, 0.15) is 46.5 Å². The maximum absolute atomic E-state index is 12.7. The highest BCUT2D eigenvalue weighted by atomic mass is 16.7. The molecule has 26 heavy (non-hydrogen) atoms. The van der Waals surface area contributed by atoms with Crippen molar-refractivity contribution >= 4 is 17.9 Å². The van der Waals surface area contributed by atoms with Crippen molar-refractivity contribution in [2.45, 2.75) is 57.8 Å². The molecule has 0 unspecified atom stereocenters. The van der Waals surface area contributed by atoms with Crippen molar-refractivity contribution in [2.75, 3.05) is 18.1 Å². The summed E-state index contributed by atoms with van der Waals surface area (Å²) in [4.78, 5) is 26.1. The Kier molecular flexibility index (Phi) is 5.20. The second kappa shape index (κ2) is 7.25. The summed E-state index contributed by atoms with van der Waals surface area (Å²) in [5.74, 6) is -0.752. The number of hydrogen-bond acceptors (Lipinski definition) is 6. The van der Waals surface area contributed by atoms with E-state index in [0.717, 1.165) is 10.5 Å². The van der Waals surface area contributed by atoms with E-state index in [-0.39, 0.29) is 18.2 Å². The molecule has 2 heterocycles. The molecule has 1 aliphatic heterocycles. The van der Waals surface area contributed by atoms with Crippen LogP contribution in [0.2, 0.25) is 0 Å². The van der Waals surface area contributed by atoms with Crippen LogP contribution in [0, 0.1) is 0 Å². The van der Waals surface area contributed by atoms with Crippen molar-refractivity contribution in [3.05, 3.63) is 30.0 Å². The van der Waals surface area contributed by atoms with Crippen LogP contribution < -0.4 is 4.90 Å². The largest absolute Gasteiger partial charge is 0.448 e. The lowest BCUT2D eigenvalue weighted by atomic mass is 10.1. The maximum atomic E-state index is 12.7. The fourth-order valence-corrected chi connectivity index (χ4v) is 3.10. The zero-order valence-corrected chi connectivity index (χ0v) is 15.4. The molecule has 2 aliphatic rings. The summed E-state index contributed by atoms with van der Waals surface area (Å²) in [6.45, 7) is 6.45. The summed E-state index contributed by atoms with van der Waals surface area (Å²) in [6.07, 6.45) is 4.80. The highest BCUT2D eigenvalue weighted by Gasteiger charge is 2.40. The first kappa shape index (κ1) is 18.7. The number of furan rings is 1. The van der Waals surface area contributed by atoms with Crippen LogP contribution in [0.25, 0.3) is 0 Å². The molecule has 0 bridgehead atoms. The van der Waals surface area contributed by atoms with Crippen LogP contribution in [0.15, 0.2) is 34.5 Å². The molecule has 1 spiro atoms. The van der Waals surface area contributed by atoms with Gasteiger partial charge in [-0.1, -0.05) is 11.6 Å². The fourth-order valence-electron chi connectivity index (χ4n) is 3.10. The molecule has 7 heteroatoms. The second-order valence-corrected chi connectivity index (χ2v) is 7.51. The second-order valence-electron chi connectivity index (χ2n) is 7.51. The van der Waals surface area contributed by atoms with Gasteiger partial charge in [0.15, 0.2) is 5.79 Å². The zero-order chi connectivity index (χ0) is 18.8. The van der Waals surface area contributed by atoms with Gasteiger partial charge in [0.1, 0.15) is 5.60 Å². The van der Waals surface area contributed by atoms with Gasteiger partial charge in [0.25, 0.3) is 0 Å². The fraction of sp³-hybridized carbons (Fsp3) is 0.579. The van der Waals surface area contributed by atoms with E-state index in [1.807, 2.05) is 0 Å². The lowest BCUT2D eigenvalue weighted by molar-refractivity contribution is -0.147. The Morgan fingerprint density at radius 3 is 2.62 bits per heavy atom. The van der Waals surface area contributed by atoms with Gasteiger partial charge in [0.05, 0.1) is 19.5 Å². The van der Waals surface area contributed by atoms with Crippen LogP contribution in [-0.4, -0.2) is 36.6 Å². The van der Waals surface area contributed by atoms with E-state index in [2.05, 4.69) is 6.08 Å². The average Bonchev–Trinajstić information content (AvgIpc) is 3.28. The molecule has 7 nitrogen and oxygen atoms in total. The molecular weight excluding hydrogens is 338 g/mol. The van der Waals surface area contributed by atoms with E-state index in [1.54, 1.807) is 32.9 Å². The summed E-state index contributed by atoms with van der Waals surface area (Å²) in [7, 11) is 0. The number of ether oxygens (including phenoxy) is 3. The molecule has 1 aromatic rings. The van der Waals surface area contributed by atoms with Gasteiger partial charge >= 0.3 is 6.09 Å². The number of rotatable bonds is 4. The average molecular weight is 363 g/mol. The summed E-state index contributed by atoms with van der Waals surface area (Å²) in [5, 5.41) is 0. The molecule has 0 N–H and O–H groups in total. The zero-order valence-electron chi connectivity index (χ0n) is 15.4. The molecule has 1 aromatic heterocycles. The quantitative estimate of drug-likeness (QED) is 0.757. The number of anilines is 1. The summed E-state index contributed by atoms with van der Waals surface area (Å²) < 4.78 is 22.0. The standard InChI is InChI=1S/C19H25NO6/c1-18(2,3)26-17(22)20(16-5-4-10-23-16)15(21)7-6-14-8-9-19(13-14)24-11-12-25-19/h4-5,8,10H,6-7,9,11-13H2,1-3H3. The van der Waals surface area contributed by atoms with E-state index in [4.69, 9.17) is 18.6 Å². The number of hydrogen-bond donors (Lipinski definition) is 0. The third kappa shape index (κ3) is 4.34. The number of amides is 2. The molecule has 1 fully saturated rings. The van der Waals surface area contributed by atoms with Gasteiger partial charge in [-0.3, -0.25) is 4.79 Å². The van der Waals surface area contributed by atoms with Crippen molar-refractivity contribution in [2.24, 2.45) is 0 Å². The minimum absolute atomic E-state index is 0.156.